The van der Waals surface area contributed by atoms with E-state index in [0.717, 1.165) is 17.8 Å². The third-order valence-electron chi connectivity index (χ3n) is 2.26. The van der Waals surface area contributed by atoms with Crippen molar-refractivity contribution in [1.29, 1.82) is 0 Å². The van der Waals surface area contributed by atoms with Crippen LogP contribution >= 0.6 is 0 Å². The van der Waals surface area contributed by atoms with Crippen molar-refractivity contribution >= 4 is 11.4 Å². The highest BCUT2D eigenvalue weighted by Gasteiger charge is 2.13. The van der Waals surface area contributed by atoms with Crippen molar-refractivity contribution in [2.45, 2.75) is 6.54 Å². The van der Waals surface area contributed by atoms with Gasteiger partial charge in [0.05, 0.1) is 17.2 Å². The van der Waals surface area contributed by atoms with E-state index in [1.54, 1.807) is 12.3 Å². The van der Waals surface area contributed by atoms with Gasteiger partial charge in [-0.05, 0) is 12.1 Å². The minimum absolute atomic E-state index is 0.389. The first-order chi connectivity index (χ1) is 8.66. The molecule has 0 aliphatic heterocycles. The molecule has 0 radical (unpaired) electrons. The van der Waals surface area contributed by atoms with E-state index in [1.807, 2.05) is 0 Å². The van der Waals surface area contributed by atoms with Gasteiger partial charge in [-0.2, -0.15) is 4.39 Å². The van der Waals surface area contributed by atoms with Gasteiger partial charge in [0.2, 0.25) is 5.82 Å². The Kier molecular flexibility index (Phi) is 3.42. The monoisotopic (exact) mass is 248 g/mol. The lowest BCUT2D eigenvalue weighted by Gasteiger charge is -2.05. The number of hydrogen-bond donors (Lipinski definition) is 1. The topological polar surface area (TPSA) is 81.0 Å². The second kappa shape index (κ2) is 5.17. The molecule has 1 aromatic carbocycles. The fourth-order valence-electron chi connectivity index (χ4n) is 1.38. The molecule has 0 atom stereocenters. The molecular formula is C11H9FN4O2. The largest absolute Gasteiger partial charge is 0.379 e. The van der Waals surface area contributed by atoms with Crippen molar-refractivity contribution in [2.24, 2.45) is 0 Å². The molecule has 92 valence electrons. The van der Waals surface area contributed by atoms with Gasteiger partial charge in [0.15, 0.2) is 0 Å². The minimum Gasteiger partial charge on any atom is -0.379 e. The third-order valence-corrected chi connectivity index (χ3v) is 2.26. The number of nitro benzene ring substituents is 1. The summed E-state index contributed by atoms with van der Waals surface area (Å²) < 4.78 is 13.3. The van der Waals surface area contributed by atoms with Crippen LogP contribution in [0.15, 0.2) is 36.8 Å². The number of hydrogen-bond acceptors (Lipinski definition) is 5. The molecule has 6 nitrogen and oxygen atoms in total. The van der Waals surface area contributed by atoms with E-state index < -0.39 is 16.4 Å². The molecule has 2 aromatic rings. The smallest absolute Gasteiger partial charge is 0.304 e. The highest BCUT2D eigenvalue weighted by molar-refractivity contribution is 5.49. The Labute approximate surface area is 102 Å². The van der Waals surface area contributed by atoms with Gasteiger partial charge in [0.25, 0.3) is 0 Å². The van der Waals surface area contributed by atoms with E-state index in [2.05, 4.69) is 15.3 Å². The van der Waals surface area contributed by atoms with Crippen molar-refractivity contribution in [3.63, 3.8) is 0 Å². The molecule has 0 amide bonds. The second-order valence-electron chi connectivity index (χ2n) is 3.48. The van der Waals surface area contributed by atoms with Crippen molar-refractivity contribution < 1.29 is 9.31 Å². The molecule has 0 saturated heterocycles. The van der Waals surface area contributed by atoms with Crippen LogP contribution in [0.3, 0.4) is 0 Å². The van der Waals surface area contributed by atoms with Gasteiger partial charge in [-0.1, -0.05) is 0 Å². The maximum absolute atomic E-state index is 13.3. The van der Waals surface area contributed by atoms with Crippen LogP contribution in [-0.4, -0.2) is 14.9 Å². The van der Waals surface area contributed by atoms with Crippen molar-refractivity contribution in [2.75, 3.05) is 5.32 Å². The number of halogens is 1. The lowest BCUT2D eigenvalue weighted by Crippen LogP contribution is -2.02. The Morgan fingerprint density at radius 3 is 2.83 bits per heavy atom. The third kappa shape index (κ3) is 2.76. The number of nitro groups is 1. The van der Waals surface area contributed by atoms with Gasteiger partial charge in [0, 0.05) is 24.0 Å². The van der Waals surface area contributed by atoms with Gasteiger partial charge >= 0.3 is 5.69 Å². The summed E-state index contributed by atoms with van der Waals surface area (Å²) in [5.74, 6) is -0.868. The van der Waals surface area contributed by atoms with Crippen LogP contribution in [0.1, 0.15) is 5.69 Å². The average Bonchev–Trinajstić information content (AvgIpc) is 2.37. The van der Waals surface area contributed by atoms with Gasteiger partial charge < -0.3 is 5.32 Å². The van der Waals surface area contributed by atoms with Crippen LogP contribution in [0, 0.1) is 15.9 Å². The van der Waals surface area contributed by atoms with E-state index >= 15 is 0 Å². The molecular weight excluding hydrogens is 239 g/mol. The minimum atomic E-state index is -0.868. The molecule has 1 N–H and O–H groups in total. The van der Waals surface area contributed by atoms with Gasteiger partial charge in [-0.3, -0.25) is 10.1 Å². The zero-order valence-corrected chi connectivity index (χ0v) is 9.21. The summed E-state index contributed by atoms with van der Waals surface area (Å²) >= 11 is 0. The highest BCUT2D eigenvalue weighted by Crippen LogP contribution is 2.20. The van der Waals surface area contributed by atoms with Crippen LogP contribution in [0.4, 0.5) is 15.8 Å². The molecule has 0 spiro atoms. The average molecular weight is 248 g/mol. The van der Waals surface area contributed by atoms with Crippen molar-refractivity contribution in [3.05, 3.63) is 58.4 Å². The standard InChI is InChI=1S/C11H9FN4O2/c12-10-5-8(1-2-11(10)16(17)18)14-6-9-3-4-13-7-15-9/h1-5,7,14H,6H2. The zero-order chi connectivity index (χ0) is 13.0. The first-order valence-corrected chi connectivity index (χ1v) is 5.09. The summed E-state index contributed by atoms with van der Waals surface area (Å²) in [4.78, 5) is 17.4. The first-order valence-electron chi connectivity index (χ1n) is 5.09. The quantitative estimate of drug-likeness (QED) is 0.662. The van der Waals surface area contributed by atoms with E-state index in [-0.39, 0.29) is 0 Å². The number of nitrogens with one attached hydrogen (secondary N) is 1. The normalized spacial score (nSPS) is 10.1. The van der Waals surface area contributed by atoms with Crippen LogP contribution in [0.5, 0.6) is 0 Å². The Morgan fingerprint density at radius 1 is 1.39 bits per heavy atom. The van der Waals surface area contributed by atoms with E-state index in [9.17, 15) is 14.5 Å². The summed E-state index contributed by atoms with van der Waals surface area (Å²) in [5.41, 5.74) is 0.656. The molecule has 0 saturated carbocycles. The number of rotatable bonds is 4. The molecule has 18 heavy (non-hydrogen) atoms. The maximum atomic E-state index is 13.3. The summed E-state index contributed by atoms with van der Waals surface area (Å²) in [6.45, 7) is 0.389. The lowest BCUT2D eigenvalue weighted by molar-refractivity contribution is -0.387. The van der Waals surface area contributed by atoms with E-state index in [1.165, 1.54) is 12.4 Å². The molecule has 1 aromatic heterocycles. The Balaban J connectivity index is 2.07. The number of anilines is 1. The van der Waals surface area contributed by atoms with Crippen LogP contribution < -0.4 is 5.32 Å². The van der Waals surface area contributed by atoms with Crippen LogP contribution in [0.25, 0.3) is 0 Å². The fourth-order valence-corrected chi connectivity index (χ4v) is 1.38. The van der Waals surface area contributed by atoms with Crippen LogP contribution in [-0.2, 0) is 6.54 Å². The van der Waals surface area contributed by atoms with Gasteiger partial charge in [-0.15, -0.1) is 0 Å². The Hall–Kier alpha value is -2.57. The first kappa shape index (κ1) is 11.9. The molecule has 0 bridgehead atoms. The highest BCUT2D eigenvalue weighted by atomic mass is 19.1. The number of aromatic nitrogens is 2. The van der Waals surface area contributed by atoms with E-state index in [4.69, 9.17) is 0 Å². The summed E-state index contributed by atoms with van der Waals surface area (Å²) in [5, 5.41) is 13.4. The summed E-state index contributed by atoms with van der Waals surface area (Å²) in [6, 6.07) is 5.37. The predicted octanol–water partition coefficient (Wildman–Crippen LogP) is 2.14. The van der Waals surface area contributed by atoms with E-state index in [0.29, 0.717) is 12.2 Å². The van der Waals surface area contributed by atoms with Crippen LogP contribution in [0.2, 0.25) is 0 Å². The second-order valence-corrected chi connectivity index (χ2v) is 3.48. The number of benzene rings is 1. The molecule has 7 heteroatoms. The fraction of sp³-hybridized carbons (Fsp3) is 0.0909. The summed E-state index contributed by atoms with van der Waals surface area (Å²) in [6.07, 6.45) is 3.01. The van der Waals surface area contributed by atoms with Gasteiger partial charge in [-0.25, -0.2) is 9.97 Å². The molecule has 0 unspecified atom stereocenters. The molecule has 1 heterocycles. The molecule has 0 fully saturated rings. The molecule has 0 aliphatic rings. The Morgan fingerprint density at radius 2 is 2.22 bits per heavy atom. The molecule has 0 aliphatic carbocycles. The molecule has 2 rings (SSSR count). The lowest BCUT2D eigenvalue weighted by atomic mass is 10.2. The SMILES string of the molecule is O=[N+]([O-])c1ccc(NCc2ccncn2)cc1F. The Bertz CT molecular complexity index is 562. The summed E-state index contributed by atoms with van der Waals surface area (Å²) in [7, 11) is 0. The van der Waals surface area contributed by atoms with Crippen molar-refractivity contribution in [3.8, 4) is 0 Å². The zero-order valence-electron chi connectivity index (χ0n) is 9.21. The number of nitrogens with zero attached hydrogens (tertiary/aromatic N) is 3. The maximum Gasteiger partial charge on any atom is 0.304 e. The van der Waals surface area contributed by atoms with Gasteiger partial charge in [0.1, 0.15) is 6.33 Å². The van der Waals surface area contributed by atoms with Crippen molar-refractivity contribution in [1.82, 2.24) is 9.97 Å². The predicted molar refractivity (Wildman–Crippen MR) is 62.4 cm³/mol.